The molecule has 1 amide bonds. The summed E-state index contributed by atoms with van der Waals surface area (Å²) in [6, 6.07) is 18.3. The topological polar surface area (TPSA) is 60.9 Å². The second-order valence-electron chi connectivity index (χ2n) is 5.59. The van der Waals surface area contributed by atoms with Crippen molar-refractivity contribution in [2.75, 3.05) is 0 Å². The molecule has 1 aromatic heterocycles. The van der Waals surface area contributed by atoms with Crippen molar-refractivity contribution in [1.82, 2.24) is 9.78 Å². The number of amides is 1. The summed E-state index contributed by atoms with van der Waals surface area (Å²) in [5.74, 6) is 0.561. The summed E-state index contributed by atoms with van der Waals surface area (Å²) in [6.07, 6.45) is 3.60. The third-order valence-corrected chi connectivity index (χ3v) is 4.93. The van der Waals surface area contributed by atoms with Gasteiger partial charge in [-0.3, -0.25) is 9.48 Å². The minimum absolute atomic E-state index is 0.391. The number of benzene rings is 2. The Morgan fingerprint density at radius 3 is 2.50 bits per heavy atom. The molecule has 5 heteroatoms. The van der Waals surface area contributed by atoms with Gasteiger partial charge in [0.2, 0.25) is 5.91 Å². The fourth-order valence-corrected chi connectivity index (χ4v) is 3.17. The van der Waals surface area contributed by atoms with E-state index in [1.165, 1.54) is 10.5 Å². The molecule has 0 radical (unpaired) electrons. The van der Waals surface area contributed by atoms with Crippen LogP contribution in [0.4, 0.5) is 0 Å². The second kappa shape index (κ2) is 7.36. The summed E-state index contributed by atoms with van der Waals surface area (Å²) in [5.41, 5.74) is 8.67. The van der Waals surface area contributed by atoms with Crippen molar-refractivity contribution in [3.63, 3.8) is 0 Å². The molecule has 0 saturated heterocycles. The molecule has 0 unspecified atom stereocenters. The van der Waals surface area contributed by atoms with Gasteiger partial charge in [0, 0.05) is 22.4 Å². The molecule has 3 rings (SSSR count). The Hall–Kier alpha value is -2.53. The number of nitrogens with two attached hydrogens (primary N) is 1. The molecule has 0 saturated carbocycles. The molecule has 3 aromatic rings. The Bertz CT molecular complexity index is 812. The maximum atomic E-state index is 11.2. The van der Waals surface area contributed by atoms with Crippen molar-refractivity contribution in [2.45, 2.75) is 23.6 Å². The van der Waals surface area contributed by atoms with E-state index in [1.54, 1.807) is 17.8 Å². The van der Waals surface area contributed by atoms with Crippen LogP contribution in [0.15, 0.2) is 71.9 Å². The highest BCUT2D eigenvalue weighted by Crippen LogP contribution is 2.26. The fourth-order valence-electron chi connectivity index (χ4n) is 2.31. The van der Waals surface area contributed by atoms with Crippen LogP contribution in [0.1, 0.15) is 18.5 Å². The first-order valence-electron chi connectivity index (χ1n) is 7.74. The van der Waals surface area contributed by atoms with E-state index in [4.69, 9.17) is 5.73 Å². The molecule has 0 aliphatic heterocycles. The normalized spacial score (nSPS) is 12.0. The standard InChI is InChI=1S/C19H19N3OS/c1-14(19(20)23)22-12-17(11-21-22)16-7-9-18(10-8-16)24-13-15-5-3-2-4-6-15/h2-12,14H,13H2,1H3,(H2,20,23)/t14-/m1/s1. The minimum Gasteiger partial charge on any atom is -0.368 e. The van der Waals surface area contributed by atoms with Gasteiger partial charge in [-0.1, -0.05) is 42.5 Å². The number of nitrogens with zero attached hydrogens (tertiary/aromatic N) is 2. The van der Waals surface area contributed by atoms with Gasteiger partial charge in [-0.2, -0.15) is 5.10 Å². The van der Waals surface area contributed by atoms with Gasteiger partial charge in [0.15, 0.2) is 0 Å². The largest absolute Gasteiger partial charge is 0.368 e. The highest BCUT2D eigenvalue weighted by atomic mass is 32.2. The maximum Gasteiger partial charge on any atom is 0.241 e. The highest BCUT2D eigenvalue weighted by molar-refractivity contribution is 7.98. The van der Waals surface area contributed by atoms with Crippen LogP contribution in [0.25, 0.3) is 11.1 Å². The van der Waals surface area contributed by atoms with Gasteiger partial charge in [-0.25, -0.2) is 0 Å². The summed E-state index contributed by atoms with van der Waals surface area (Å²) in [4.78, 5) is 12.5. The first-order valence-corrected chi connectivity index (χ1v) is 8.72. The van der Waals surface area contributed by atoms with E-state index < -0.39 is 11.9 Å². The molecule has 2 aromatic carbocycles. The molecule has 1 heterocycles. The smallest absolute Gasteiger partial charge is 0.241 e. The summed E-state index contributed by atoms with van der Waals surface area (Å²) >= 11 is 1.81. The number of primary amides is 1. The Balaban J connectivity index is 1.67. The van der Waals surface area contributed by atoms with Gasteiger partial charge in [0.25, 0.3) is 0 Å². The highest BCUT2D eigenvalue weighted by Gasteiger charge is 2.12. The van der Waals surface area contributed by atoms with Crippen molar-refractivity contribution in [1.29, 1.82) is 0 Å². The zero-order valence-electron chi connectivity index (χ0n) is 13.4. The average molecular weight is 337 g/mol. The summed E-state index contributed by atoms with van der Waals surface area (Å²) in [5, 5.41) is 4.22. The van der Waals surface area contributed by atoms with Crippen LogP contribution in [0.3, 0.4) is 0 Å². The van der Waals surface area contributed by atoms with Crippen LogP contribution in [0, 0.1) is 0 Å². The van der Waals surface area contributed by atoms with Crippen molar-refractivity contribution in [3.8, 4) is 11.1 Å². The molecule has 24 heavy (non-hydrogen) atoms. The molecule has 4 nitrogen and oxygen atoms in total. The molecule has 0 aliphatic rings. The lowest BCUT2D eigenvalue weighted by molar-refractivity contribution is -0.120. The van der Waals surface area contributed by atoms with Gasteiger partial charge >= 0.3 is 0 Å². The number of carbonyl (C=O) groups excluding carboxylic acids is 1. The molecule has 122 valence electrons. The van der Waals surface area contributed by atoms with Gasteiger partial charge < -0.3 is 5.73 Å². The number of thioether (sulfide) groups is 1. The zero-order valence-corrected chi connectivity index (χ0v) is 14.2. The SMILES string of the molecule is C[C@H](C(N)=O)n1cc(-c2ccc(SCc3ccccc3)cc2)cn1. The number of aromatic nitrogens is 2. The van der Waals surface area contributed by atoms with Crippen LogP contribution >= 0.6 is 11.8 Å². The monoisotopic (exact) mass is 337 g/mol. The lowest BCUT2D eigenvalue weighted by Gasteiger charge is -2.06. The Morgan fingerprint density at radius 2 is 1.83 bits per heavy atom. The van der Waals surface area contributed by atoms with E-state index in [0.717, 1.165) is 16.9 Å². The van der Waals surface area contributed by atoms with Crippen LogP contribution in [-0.4, -0.2) is 15.7 Å². The van der Waals surface area contributed by atoms with Gasteiger partial charge in [-0.15, -0.1) is 11.8 Å². The number of rotatable bonds is 6. The van der Waals surface area contributed by atoms with E-state index in [9.17, 15) is 4.79 Å². The third-order valence-electron chi connectivity index (χ3n) is 3.85. The van der Waals surface area contributed by atoms with Crippen LogP contribution in [0.2, 0.25) is 0 Å². The number of carbonyl (C=O) groups is 1. The predicted octanol–water partition coefficient (Wildman–Crippen LogP) is 3.89. The maximum absolute atomic E-state index is 11.2. The molecule has 0 fully saturated rings. The Labute approximate surface area is 145 Å². The van der Waals surface area contributed by atoms with Crippen LogP contribution in [0.5, 0.6) is 0 Å². The summed E-state index contributed by atoms with van der Waals surface area (Å²) in [7, 11) is 0. The minimum atomic E-state index is -0.445. The predicted molar refractivity (Wildman–Crippen MR) is 97.6 cm³/mol. The number of hydrogen-bond acceptors (Lipinski definition) is 3. The molecular weight excluding hydrogens is 318 g/mol. The van der Waals surface area contributed by atoms with Crippen LogP contribution < -0.4 is 5.73 Å². The van der Waals surface area contributed by atoms with Gasteiger partial charge in [0.1, 0.15) is 6.04 Å². The van der Waals surface area contributed by atoms with E-state index >= 15 is 0 Å². The summed E-state index contributed by atoms with van der Waals surface area (Å²) in [6.45, 7) is 1.74. The molecule has 0 bridgehead atoms. The first-order chi connectivity index (χ1) is 11.6. The third kappa shape index (κ3) is 3.86. The van der Waals surface area contributed by atoms with E-state index in [-0.39, 0.29) is 0 Å². The quantitative estimate of drug-likeness (QED) is 0.694. The molecule has 0 aliphatic carbocycles. The van der Waals surface area contributed by atoms with Gasteiger partial charge in [0.05, 0.1) is 6.20 Å². The van der Waals surface area contributed by atoms with E-state index in [1.807, 2.05) is 24.0 Å². The first kappa shape index (κ1) is 16.3. The summed E-state index contributed by atoms with van der Waals surface area (Å²) < 4.78 is 1.59. The molecular formula is C19H19N3OS. The lowest BCUT2D eigenvalue weighted by atomic mass is 10.1. The molecule has 0 spiro atoms. The molecule has 2 N–H and O–H groups in total. The molecule has 1 atom stereocenters. The van der Waals surface area contributed by atoms with Crippen LogP contribution in [-0.2, 0) is 10.5 Å². The van der Waals surface area contributed by atoms with Crippen molar-refractivity contribution < 1.29 is 4.79 Å². The number of hydrogen-bond donors (Lipinski definition) is 1. The second-order valence-corrected chi connectivity index (χ2v) is 6.63. The fraction of sp³-hybridized carbons (Fsp3) is 0.158. The zero-order chi connectivity index (χ0) is 16.9. The Morgan fingerprint density at radius 1 is 1.12 bits per heavy atom. The van der Waals surface area contributed by atoms with E-state index in [0.29, 0.717) is 0 Å². The Kier molecular flexibility index (Phi) is 5.01. The average Bonchev–Trinajstić information content (AvgIpc) is 3.10. The lowest BCUT2D eigenvalue weighted by Crippen LogP contribution is -2.24. The van der Waals surface area contributed by atoms with Gasteiger partial charge in [-0.05, 0) is 30.2 Å². The van der Waals surface area contributed by atoms with Crippen molar-refractivity contribution in [2.24, 2.45) is 5.73 Å². The van der Waals surface area contributed by atoms with E-state index in [2.05, 4.69) is 53.6 Å². The van der Waals surface area contributed by atoms with Crippen molar-refractivity contribution in [3.05, 3.63) is 72.6 Å². The van der Waals surface area contributed by atoms with Crippen molar-refractivity contribution >= 4 is 17.7 Å².